The monoisotopic (exact) mass is 401 g/mol. The van der Waals surface area contributed by atoms with Crippen molar-refractivity contribution in [1.82, 2.24) is 15.3 Å². The molecule has 0 radical (unpaired) electrons. The van der Waals surface area contributed by atoms with Gasteiger partial charge < -0.3 is 21.0 Å². The maximum absolute atomic E-state index is 5.64. The van der Waals surface area contributed by atoms with Crippen LogP contribution in [-0.2, 0) is 13.0 Å². The first-order valence-electron chi connectivity index (χ1n) is 10.6. The Labute approximate surface area is 178 Å². The van der Waals surface area contributed by atoms with Gasteiger partial charge in [-0.1, -0.05) is 55.6 Å². The number of nitrogens with zero attached hydrogens (tertiary/aromatic N) is 1. The third kappa shape index (κ3) is 3.79. The zero-order chi connectivity index (χ0) is 21.1. The number of aromatic nitrogens is 1. The van der Waals surface area contributed by atoms with Gasteiger partial charge in [-0.25, -0.2) is 0 Å². The van der Waals surface area contributed by atoms with Gasteiger partial charge in [-0.05, 0) is 41.5 Å². The SMILES string of the molecule is C=C(NN)c1ccc(Cn2c3c(c4ccccc42)C(=C)C(CNCCN)CC3)cc1. The van der Waals surface area contributed by atoms with Gasteiger partial charge in [0.15, 0.2) is 0 Å². The van der Waals surface area contributed by atoms with Crippen molar-refractivity contribution >= 4 is 22.2 Å². The second-order valence-corrected chi connectivity index (χ2v) is 8.00. The maximum Gasteiger partial charge on any atom is 0.0492 e. The number of rotatable bonds is 8. The van der Waals surface area contributed by atoms with Crippen molar-refractivity contribution < 1.29 is 0 Å². The topological polar surface area (TPSA) is 81.0 Å². The summed E-state index contributed by atoms with van der Waals surface area (Å²) in [4.78, 5) is 0. The Kier molecular flexibility index (Phi) is 6.04. The average Bonchev–Trinajstić information content (AvgIpc) is 3.09. The molecular formula is C25H31N5. The lowest BCUT2D eigenvalue weighted by atomic mass is 9.82. The summed E-state index contributed by atoms with van der Waals surface area (Å²) in [6, 6.07) is 17.1. The Hall–Kier alpha value is -2.86. The standard InChI is InChI=1S/C25H31N5/c1-17-21(15-28-14-13-26)11-12-24-25(17)22-5-3-4-6-23(22)30(24)16-19-7-9-20(10-8-19)18(2)29-27/h3-10,21,28-29H,1-2,11-16,26-27H2. The number of hydrazine groups is 1. The van der Waals surface area contributed by atoms with Crippen LogP contribution in [-0.4, -0.2) is 24.2 Å². The number of nitrogens with one attached hydrogen (secondary N) is 2. The van der Waals surface area contributed by atoms with Crippen LogP contribution in [0.1, 0.15) is 28.8 Å². The second kappa shape index (κ2) is 8.88. The molecule has 1 aliphatic rings. The molecule has 5 heteroatoms. The maximum atomic E-state index is 5.64. The molecule has 1 atom stereocenters. The molecule has 4 rings (SSSR count). The van der Waals surface area contributed by atoms with Crippen LogP contribution in [0.3, 0.4) is 0 Å². The van der Waals surface area contributed by atoms with Crippen molar-refractivity contribution in [2.75, 3.05) is 19.6 Å². The normalized spacial score (nSPS) is 15.9. The zero-order valence-corrected chi connectivity index (χ0v) is 17.5. The van der Waals surface area contributed by atoms with Gasteiger partial charge in [-0.2, -0.15) is 0 Å². The van der Waals surface area contributed by atoms with Crippen LogP contribution in [0.15, 0.2) is 61.7 Å². The molecule has 2 aromatic carbocycles. The highest BCUT2D eigenvalue weighted by Crippen LogP contribution is 2.40. The molecule has 0 amide bonds. The average molecular weight is 402 g/mol. The van der Waals surface area contributed by atoms with E-state index in [-0.39, 0.29) is 0 Å². The van der Waals surface area contributed by atoms with E-state index in [1.54, 1.807) is 0 Å². The molecule has 1 aliphatic carbocycles. The molecule has 1 aromatic heterocycles. The minimum absolute atomic E-state index is 0.456. The van der Waals surface area contributed by atoms with Crippen LogP contribution in [0.2, 0.25) is 0 Å². The fraction of sp³-hybridized carbons (Fsp3) is 0.280. The Bertz CT molecular complexity index is 1060. The summed E-state index contributed by atoms with van der Waals surface area (Å²) in [6.45, 7) is 11.7. The highest BCUT2D eigenvalue weighted by atomic mass is 15.2. The van der Waals surface area contributed by atoms with Gasteiger partial charge in [0.25, 0.3) is 0 Å². The smallest absolute Gasteiger partial charge is 0.0492 e. The summed E-state index contributed by atoms with van der Waals surface area (Å²) < 4.78 is 2.46. The molecule has 0 fully saturated rings. The molecule has 1 unspecified atom stereocenters. The van der Waals surface area contributed by atoms with Crippen molar-refractivity contribution in [3.63, 3.8) is 0 Å². The molecule has 5 nitrogen and oxygen atoms in total. The van der Waals surface area contributed by atoms with Crippen molar-refractivity contribution in [2.45, 2.75) is 19.4 Å². The summed E-state index contributed by atoms with van der Waals surface area (Å²) in [6.07, 6.45) is 2.17. The lowest BCUT2D eigenvalue weighted by molar-refractivity contribution is 0.520. The van der Waals surface area contributed by atoms with Crippen LogP contribution in [0.25, 0.3) is 22.2 Å². The van der Waals surface area contributed by atoms with E-state index in [2.05, 4.69) is 77.0 Å². The van der Waals surface area contributed by atoms with E-state index in [1.807, 2.05) is 0 Å². The second-order valence-electron chi connectivity index (χ2n) is 8.00. The predicted molar refractivity (Wildman–Crippen MR) is 127 cm³/mol. The lowest BCUT2D eigenvalue weighted by Crippen LogP contribution is -2.30. The van der Waals surface area contributed by atoms with Gasteiger partial charge in [-0.15, -0.1) is 0 Å². The minimum Gasteiger partial charge on any atom is -0.340 e. The van der Waals surface area contributed by atoms with Gasteiger partial charge >= 0.3 is 0 Å². The van der Waals surface area contributed by atoms with Crippen LogP contribution < -0.4 is 22.3 Å². The lowest BCUT2D eigenvalue weighted by Gasteiger charge is -2.27. The summed E-state index contributed by atoms with van der Waals surface area (Å²) in [7, 11) is 0. The largest absolute Gasteiger partial charge is 0.340 e. The minimum atomic E-state index is 0.456. The number of para-hydroxylation sites is 1. The van der Waals surface area contributed by atoms with Crippen molar-refractivity contribution in [1.29, 1.82) is 0 Å². The molecule has 1 heterocycles. The Morgan fingerprint density at radius 2 is 1.90 bits per heavy atom. The third-order valence-electron chi connectivity index (χ3n) is 6.15. The molecule has 0 saturated carbocycles. The number of fused-ring (bicyclic) bond motifs is 3. The highest BCUT2D eigenvalue weighted by Gasteiger charge is 2.28. The molecule has 30 heavy (non-hydrogen) atoms. The Morgan fingerprint density at radius 1 is 1.13 bits per heavy atom. The quantitative estimate of drug-likeness (QED) is 0.265. The number of hydrogen-bond acceptors (Lipinski definition) is 4. The zero-order valence-electron chi connectivity index (χ0n) is 17.5. The van der Waals surface area contributed by atoms with Gasteiger partial charge in [-0.3, -0.25) is 5.84 Å². The van der Waals surface area contributed by atoms with Crippen LogP contribution in [0, 0.1) is 5.92 Å². The van der Waals surface area contributed by atoms with Crippen LogP contribution >= 0.6 is 0 Å². The van der Waals surface area contributed by atoms with Gasteiger partial charge in [0, 0.05) is 54.0 Å². The summed E-state index contributed by atoms with van der Waals surface area (Å²) in [5.74, 6) is 5.94. The van der Waals surface area contributed by atoms with Crippen LogP contribution in [0.4, 0.5) is 0 Å². The summed E-state index contributed by atoms with van der Waals surface area (Å²) in [5, 5.41) is 4.77. The van der Waals surface area contributed by atoms with E-state index < -0.39 is 0 Å². The highest BCUT2D eigenvalue weighted by molar-refractivity contribution is 5.95. The fourth-order valence-corrected chi connectivity index (χ4v) is 4.53. The van der Waals surface area contributed by atoms with Crippen LogP contribution in [0.5, 0.6) is 0 Å². The van der Waals surface area contributed by atoms with Crippen molar-refractivity contribution in [2.24, 2.45) is 17.5 Å². The summed E-state index contributed by atoms with van der Waals surface area (Å²) in [5.41, 5.74) is 16.5. The van der Waals surface area contributed by atoms with E-state index in [1.165, 1.54) is 33.3 Å². The van der Waals surface area contributed by atoms with Gasteiger partial charge in [0.05, 0.1) is 0 Å². The van der Waals surface area contributed by atoms with E-state index in [0.717, 1.165) is 43.7 Å². The Morgan fingerprint density at radius 3 is 2.63 bits per heavy atom. The van der Waals surface area contributed by atoms with E-state index in [9.17, 15) is 0 Å². The molecule has 3 aromatic rings. The Balaban J connectivity index is 1.67. The fourth-order valence-electron chi connectivity index (χ4n) is 4.53. The molecule has 0 aliphatic heterocycles. The number of benzene rings is 2. The molecule has 156 valence electrons. The molecule has 0 saturated heterocycles. The first-order chi connectivity index (χ1) is 14.6. The first kappa shape index (κ1) is 20.4. The van der Waals surface area contributed by atoms with Crippen molar-refractivity contribution in [3.05, 3.63) is 84.1 Å². The molecular weight excluding hydrogens is 370 g/mol. The first-order valence-corrected chi connectivity index (χ1v) is 10.6. The van der Waals surface area contributed by atoms with Crippen molar-refractivity contribution in [3.8, 4) is 0 Å². The molecule has 6 N–H and O–H groups in total. The summed E-state index contributed by atoms with van der Waals surface area (Å²) >= 11 is 0. The number of nitrogens with two attached hydrogens (primary N) is 2. The molecule has 0 bridgehead atoms. The van der Waals surface area contributed by atoms with Gasteiger partial charge in [0.1, 0.15) is 0 Å². The van der Waals surface area contributed by atoms with E-state index >= 15 is 0 Å². The predicted octanol–water partition coefficient (Wildman–Crippen LogP) is 3.25. The third-order valence-corrected chi connectivity index (χ3v) is 6.15. The van der Waals surface area contributed by atoms with E-state index in [0.29, 0.717) is 12.5 Å². The molecule has 0 spiro atoms. The van der Waals surface area contributed by atoms with Gasteiger partial charge in [0.2, 0.25) is 0 Å². The van der Waals surface area contributed by atoms with E-state index in [4.69, 9.17) is 11.6 Å². The number of hydrogen-bond donors (Lipinski definition) is 4.